The van der Waals surface area contributed by atoms with Crippen LogP contribution in [-0.2, 0) is 4.79 Å². The Balaban J connectivity index is 1.97. The summed E-state index contributed by atoms with van der Waals surface area (Å²) in [6.45, 7) is 4.91. The molecule has 2 aliphatic rings. The van der Waals surface area contributed by atoms with Gasteiger partial charge in [-0.2, -0.15) is 0 Å². The number of likely N-dealkylation sites (tertiary alicyclic amines) is 1. The number of carbonyl (C=O) groups is 1. The first-order valence-corrected chi connectivity index (χ1v) is 5.96. The molecule has 1 amide bonds. The van der Waals surface area contributed by atoms with E-state index in [-0.39, 0.29) is 0 Å². The van der Waals surface area contributed by atoms with Crippen molar-refractivity contribution >= 4 is 5.91 Å². The molecule has 0 radical (unpaired) electrons. The molecule has 1 unspecified atom stereocenters. The van der Waals surface area contributed by atoms with Gasteiger partial charge in [-0.25, -0.2) is 0 Å². The van der Waals surface area contributed by atoms with Crippen molar-refractivity contribution in [3.05, 3.63) is 0 Å². The van der Waals surface area contributed by atoms with Gasteiger partial charge in [-0.1, -0.05) is 0 Å². The Morgan fingerprint density at radius 1 is 1.33 bits per heavy atom. The van der Waals surface area contributed by atoms with E-state index in [1.807, 2.05) is 0 Å². The van der Waals surface area contributed by atoms with Crippen LogP contribution >= 0.6 is 0 Å². The summed E-state index contributed by atoms with van der Waals surface area (Å²) in [5.41, 5.74) is 0. The number of hydrogen-bond donors (Lipinski definition) is 1. The number of hydrogen-bond acceptors (Lipinski definition) is 3. The van der Waals surface area contributed by atoms with Crippen LogP contribution in [0.4, 0.5) is 0 Å². The van der Waals surface area contributed by atoms with Crippen molar-refractivity contribution in [2.75, 3.05) is 39.8 Å². The number of nitrogens with zero attached hydrogens (tertiary/aromatic N) is 2. The van der Waals surface area contributed by atoms with Crippen LogP contribution in [0.3, 0.4) is 0 Å². The molecule has 0 saturated carbocycles. The van der Waals surface area contributed by atoms with E-state index in [9.17, 15) is 4.79 Å². The minimum atomic E-state index is 0.334. The highest BCUT2D eigenvalue weighted by Crippen LogP contribution is 2.16. The Labute approximate surface area is 91.6 Å². The highest BCUT2D eigenvalue weighted by Gasteiger charge is 2.27. The van der Waals surface area contributed by atoms with Gasteiger partial charge < -0.3 is 15.1 Å². The lowest BCUT2D eigenvalue weighted by atomic mass is 10.0. The number of piperidine rings is 1. The Hall–Kier alpha value is -0.610. The number of rotatable bonds is 1. The van der Waals surface area contributed by atoms with Crippen molar-refractivity contribution in [1.29, 1.82) is 0 Å². The van der Waals surface area contributed by atoms with Gasteiger partial charge in [-0.3, -0.25) is 4.79 Å². The zero-order chi connectivity index (χ0) is 10.7. The molecule has 2 fully saturated rings. The molecule has 0 aliphatic carbocycles. The standard InChI is InChI=1S/C11H21N3O/c1-13-7-2-3-10(9-13)14-8-6-12-5-4-11(14)15/h10,12H,2-9H2,1H3. The monoisotopic (exact) mass is 211 g/mol. The van der Waals surface area contributed by atoms with E-state index in [2.05, 4.69) is 22.2 Å². The quantitative estimate of drug-likeness (QED) is 0.658. The lowest BCUT2D eigenvalue weighted by Gasteiger charge is -2.37. The molecule has 0 aromatic carbocycles. The van der Waals surface area contributed by atoms with E-state index in [0.29, 0.717) is 18.4 Å². The molecular formula is C11H21N3O. The van der Waals surface area contributed by atoms with Gasteiger partial charge in [0.05, 0.1) is 0 Å². The predicted octanol–water partition coefficient (Wildman–Crippen LogP) is -0.0975. The second-order valence-electron chi connectivity index (χ2n) is 4.65. The van der Waals surface area contributed by atoms with Crippen LogP contribution in [-0.4, -0.2) is 61.5 Å². The van der Waals surface area contributed by atoms with E-state index in [0.717, 1.165) is 26.2 Å². The smallest absolute Gasteiger partial charge is 0.224 e. The van der Waals surface area contributed by atoms with Crippen molar-refractivity contribution < 1.29 is 4.79 Å². The zero-order valence-corrected chi connectivity index (χ0v) is 9.54. The molecule has 4 nitrogen and oxygen atoms in total. The summed E-state index contributed by atoms with van der Waals surface area (Å²) < 4.78 is 0. The molecular weight excluding hydrogens is 190 g/mol. The molecule has 0 spiro atoms. The Morgan fingerprint density at radius 3 is 3.00 bits per heavy atom. The second kappa shape index (κ2) is 4.94. The van der Waals surface area contributed by atoms with E-state index in [1.165, 1.54) is 19.4 Å². The SMILES string of the molecule is CN1CCCC(N2CCNCCC2=O)C1. The molecule has 0 aromatic heterocycles. The van der Waals surface area contributed by atoms with Gasteiger partial charge in [0.1, 0.15) is 0 Å². The fourth-order valence-electron chi connectivity index (χ4n) is 2.57. The molecule has 2 saturated heterocycles. The molecule has 2 aliphatic heterocycles. The fourth-order valence-corrected chi connectivity index (χ4v) is 2.57. The van der Waals surface area contributed by atoms with Crippen LogP contribution in [0.25, 0.3) is 0 Å². The summed E-state index contributed by atoms with van der Waals surface area (Å²) in [6.07, 6.45) is 3.06. The molecule has 15 heavy (non-hydrogen) atoms. The van der Waals surface area contributed by atoms with Crippen LogP contribution in [0.5, 0.6) is 0 Å². The Kier molecular flexibility index (Phi) is 3.59. The first-order valence-electron chi connectivity index (χ1n) is 5.96. The van der Waals surface area contributed by atoms with Crippen LogP contribution < -0.4 is 5.32 Å². The maximum absolute atomic E-state index is 11.9. The molecule has 2 heterocycles. The lowest BCUT2D eigenvalue weighted by Crippen LogP contribution is -2.49. The average molecular weight is 211 g/mol. The third-order valence-corrected chi connectivity index (χ3v) is 3.41. The minimum Gasteiger partial charge on any atom is -0.337 e. The first kappa shape index (κ1) is 10.9. The van der Waals surface area contributed by atoms with Crippen molar-refractivity contribution in [3.63, 3.8) is 0 Å². The van der Waals surface area contributed by atoms with Gasteiger partial charge in [0, 0.05) is 38.6 Å². The molecule has 0 aromatic rings. The largest absolute Gasteiger partial charge is 0.337 e. The van der Waals surface area contributed by atoms with E-state index >= 15 is 0 Å². The van der Waals surface area contributed by atoms with Crippen LogP contribution in [0.1, 0.15) is 19.3 Å². The summed E-state index contributed by atoms with van der Waals surface area (Å²) in [6, 6.07) is 0.455. The second-order valence-corrected chi connectivity index (χ2v) is 4.65. The predicted molar refractivity (Wildman–Crippen MR) is 59.7 cm³/mol. The van der Waals surface area contributed by atoms with Crippen molar-refractivity contribution in [2.45, 2.75) is 25.3 Å². The van der Waals surface area contributed by atoms with Gasteiger partial charge >= 0.3 is 0 Å². The van der Waals surface area contributed by atoms with Crippen molar-refractivity contribution in [3.8, 4) is 0 Å². The average Bonchev–Trinajstić information content (AvgIpc) is 2.43. The van der Waals surface area contributed by atoms with Gasteiger partial charge in [-0.15, -0.1) is 0 Å². The number of amides is 1. The highest BCUT2D eigenvalue weighted by molar-refractivity contribution is 5.77. The van der Waals surface area contributed by atoms with E-state index < -0.39 is 0 Å². The lowest BCUT2D eigenvalue weighted by molar-refractivity contribution is -0.133. The topological polar surface area (TPSA) is 35.6 Å². The minimum absolute atomic E-state index is 0.334. The summed E-state index contributed by atoms with van der Waals surface area (Å²) >= 11 is 0. The van der Waals surface area contributed by atoms with E-state index in [1.54, 1.807) is 0 Å². The Bertz CT molecular complexity index is 232. The molecule has 1 atom stereocenters. The number of likely N-dealkylation sites (N-methyl/N-ethyl adjacent to an activating group) is 1. The molecule has 86 valence electrons. The Morgan fingerprint density at radius 2 is 2.20 bits per heavy atom. The molecule has 1 N–H and O–H groups in total. The number of nitrogens with one attached hydrogen (secondary N) is 1. The number of carbonyl (C=O) groups excluding carboxylic acids is 1. The summed E-state index contributed by atoms with van der Waals surface area (Å²) in [7, 11) is 2.15. The maximum Gasteiger partial charge on any atom is 0.224 e. The van der Waals surface area contributed by atoms with Crippen LogP contribution in [0.2, 0.25) is 0 Å². The molecule has 2 rings (SSSR count). The van der Waals surface area contributed by atoms with Gasteiger partial charge in [0.2, 0.25) is 5.91 Å². The van der Waals surface area contributed by atoms with Crippen LogP contribution in [0, 0.1) is 0 Å². The van der Waals surface area contributed by atoms with E-state index in [4.69, 9.17) is 0 Å². The van der Waals surface area contributed by atoms with Gasteiger partial charge in [0.15, 0.2) is 0 Å². The van der Waals surface area contributed by atoms with Gasteiger partial charge in [0.25, 0.3) is 0 Å². The van der Waals surface area contributed by atoms with Crippen molar-refractivity contribution in [2.24, 2.45) is 0 Å². The summed E-state index contributed by atoms with van der Waals surface area (Å²) in [5, 5.41) is 3.28. The normalized spacial score (nSPS) is 30.3. The van der Waals surface area contributed by atoms with Gasteiger partial charge in [-0.05, 0) is 26.4 Å². The fraction of sp³-hybridized carbons (Fsp3) is 0.909. The summed E-state index contributed by atoms with van der Waals surface area (Å²) in [5.74, 6) is 0.334. The van der Waals surface area contributed by atoms with Crippen LogP contribution in [0.15, 0.2) is 0 Å². The third kappa shape index (κ3) is 2.69. The van der Waals surface area contributed by atoms with Crippen molar-refractivity contribution in [1.82, 2.24) is 15.1 Å². The first-order chi connectivity index (χ1) is 7.27. The maximum atomic E-state index is 11.9. The zero-order valence-electron chi connectivity index (χ0n) is 9.54. The highest BCUT2D eigenvalue weighted by atomic mass is 16.2. The molecule has 0 bridgehead atoms. The summed E-state index contributed by atoms with van der Waals surface area (Å²) in [4.78, 5) is 16.3. The molecule has 4 heteroatoms. The third-order valence-electron chi connectivity index (χ3n) is 3.41.